The van der Waals surface area contributed by atoms with Crippen molar-refractivity contribution in [3.05, 3.63) is 83.8 Å². The van der Waals surface area contributed by atoms with E-state index in [1.165, 1.54) is 43.5 Å². The van der Waals surface area contributed by atoms with Gasteiger partial charge in [0, 0.05) is 31.6 Å². The molecule has 4 heterocycles. The van der Waals surface area contributed by atoms with Gasteiger partial charge in [-0.25, -0.2) is 0 Å². The van der Waals surface area contributed by atoms with E-state index in [4.69, 9.17) is 4.52 Å². The van der Waals surface area contributed by atoms with Crippen molar-refractivity contribution >= 4 is 0 Å². The van der Waals surface area contributed by atoms with Crippen molar-refractivity contribution in [2.75, 3.05) is 26.2 Å². The zero-order valence-corrected chi connectivity index (χ0v) is 20.1. The molecule has 8 nitrogen and oxygen atoms in total. The fourth-order valence-electron chi connectivity index (χ4n) is 5.54. The van der Waals surface area contributed by atoms with Gasteiger partial charge in [-0.3, -0.25) is 9.80 Å². The smallest absolute Gasteiger partial charge is 0.223 e. The van der Waals surface area contributed by atoms with Crippen molar-refractivity contribution in [2.24, 2.45) is 0 Å². The summed E-state index contributed by atoms with van der Waals surface area (Å²) in [5, 5.41) is 13.1. The van der Waals surface area contributed by atoms with Crippen LogP contribution in [0.15, 0.2) is 65.4 Å². The number of aryl methyl sites for hydroxylation is 1. The highest BCUT2D eigenvalue weighted by atomic mass is 16.5. The van der Waals surface area contributed by atoms with Crippen LogP contribution in [0.2, 0.25) is 0 Å². The standard InChI is InChI=1S/C27H31N7O/c1-20-29-26(31-35-20)23-11-9-22(10-12-23)25(33-16-13-24(18-33)32-14-5-6-15-32)27-30-28-19-34(27)17-21-7-3-2-4-8-21/h2-4,7-12,19,24-25H,5-6,13-18H2,1H3/t24-,25?/m0/s1. The molecule has 0 spiro atoms. The highest BCUT2D eigenvalue weighted by molar-refractivity contribution is 5.55. The Bertz CT molecular complexity index is 1240. The molecular weight excluding hydrogens is 438 g/mol. The van der Waals surface area contributed by atoms with Crippen LogP contribution in [0.5, 0.6) is 0 Å². The molecule has 0 aliphatic carbocycles. The Hall–Kier alpha value is -3.36. The van der Waals surface area contributed by atoms with Crippen LogP contribution in [-0.4, -0.2) is 66.9 Å². The molecule has 0 radical (unpaired) electrons. The summed E-state index contributed by atoms with van der Waals surface area (Å²) < 4.78 is 7.37. The minimum atomic E-state index is 0.0369. The first-order valence-electron chi connectivity index (χ1n) is 12.5. The average molecular weight is 470 g/mol. The van der Waals surface area contributed by atoms with Crippen LogP contribution >= 0.6 is 0 Å². The monoisotopic (exact) mass is 469 g/mol. The molecule has 8 heteroatoms. The van der Waals surface area contributed by atoms with Gasteiger partial charge in [-0.05, 0) is 43.5 Å². The molecule has 0 saturated carbocycles. The van der Waals surface area contributed by atoms with Gasteiger partial charge in [0.2, 0.25) is 11.7 Å². The lowest BCUT2D eigenvalue weighted by molar-refractivity contribution is 0.210. The van der Waals surface area contributed by atoms with Gasteiger partial charge >= 0.3 is 0 Å². The number of nitrogens with zero attached hydrogens (tertiary/aromatic N) is 7. The lowest BCUT2D eigenvalue weighted by Gasteiger charge is -2.29. The molecule has 2 saturated heterocycles. The molecular formula is C27H31N7O. The van der Waals surface area contributed by atoms with Gasteiger partial charge in [-0.15, -0.1) is 10.2 Å². The second-order valence-electron chi connectivity index (χ2n) is 9.64. The number of hydrogen-bond acceptors (Lipinski definition) is 7. The van der Waals surface area contributed by atoms with Crippen LogP contribution in [-0.2, 0) is 6.54 Å². The lowest BCUT2D eigenvalue weighted by Crippen LogP contribution is -2.37. The molecule has 0 N–H and O–H groups in total. The molecule has 2 aromatic heterocycles. The zero-order valence-electron chi connectivity index (χ0n) is 20.1. The first-order chi connectivity index (χ1) is 17.2. The summed E-state index contributed by atoms with van der Waals surface area (Å²) in [6, 6.07) is 19.7. The van der Waals surface area contributed by atoms with E-state index in [2.05, 4.69) is 89.3 Å². The summed E-state index contributed by atoms with van der Waals surface area (Å²) in [5.74, 6) is 2.17. The van der Waals surface area contributed by atoms with Crippen molar-refractivity contribution in [1.29, 1.82) is 0 Å². The van der Waals surface area contributed by atoms with Crippen molar-refractivity contribution in [2.45, 2.75) is 44.8 Å². The number of likely N-dealkylation sites (tertiary alicyclic amines) is 2. The third-order valence-electron chi connectivity index (χ3n) is 7.31. The van der Waals surface area contributed by atoms with E-state index in [0.717, 1.165) is 31.0 Å². The summed E-state index contributed by atoms with van der Waals surface area (Å²) in [5.41, 5.74) is 3.40. The van der Waals surface area contributed by atoms with Crippen molar-refractivity contribution in [3.63, 3.8) is 0 Å². The van der Waals surface area contributed by atoms with E-state index in [-0.39, 0.29) is 6.04 Å². The Morgan fingerprint density at radius 2 is 1.80 bits per heavy atom. The summed E-state index contributed by atoms with van der Waals surface area (Å²) >= 11 is 0. The quantitative estimate of drug-likeness (QED) is 0.406. The zero-order chi connectivity index (χ0) is 23.6. The first kappa shape index (κ1) is 22.1. The number of rotatable bonds is 7. The highest BCUT2D eigenvalue weighted by Crippen LogP contribution is 2.33. The van der Waals surface area contributed by atoms with Gasteiger partial charge in [0.25, 0.3) is 0 Å². The molecule has 2 aliphatic rings. The Morgan fingerprint density at radius 1 is 1.00 bits per heavy atom. The van der Waals surface area contributed by atoms with Crippen molar-refractivity contribution in [1.82, 2.24) is 34.7 Å². The molecule has 6 rings (SSSR count). The molecule has 0 bridgehead atoms. The maximum atomic E-state index is 5.17. The number of benzene rings is 2. The van der Waals surface area contributed by atoms with Crippen LogP contribution in [0.4, 0.5) is 0 Å². The second-order valence-corrected chi connectivity index (χ2v) is 9.64. The van der Waals surface area contributed by atoms with Gasteiger partial charge in [0.05, 0.1) is 12.6 Å². The highest BCUT2D eigenvalue weighted by Gasteiger charge is 2.36. The van der Waals surface area contributed by atoms with Crippen LogP contribution in [0, 0.1) is 6.92 Å². The summed E-state index contributed by atoms with van der Waals surface area (Å²) in [7, 11) is 0. The van der Waals surface area contributed by atoms with Crippen LogP contribution in [0.3, 0.4) is 0 Å². The second kappa shape index (κ2) is 9.71. The Balaban J connectivity index is 1.32. The number of hydrogen-bond donors (Lipinski definition) is 0. The van der Waals surface area contributed by atoms with E-state index >= 15 is 0 Å². The van der Waals surface area contributed by atoms with E-state index in [1.807, 2.05) is 13.3 Å². The topological polar surface area (TPSA) is 76.1 Å². The maximum Gasteiger partial charge on any atom is 0.223 e. The third kappa shape index (κ3) is 4.63. The molecule has 2 fully saturated rings. The van der Waals surface area contributed by atoms with E-state index in [1.54, 1.807) is 0 Å². The predicted octanol–water partition coefficient (Wildman–Crippen LogP) is 3.94. The molecule has 180 valence electrons. The minimum absolute atomic E-state index is 0.0369. The SMILES string of the molecule is Cc1nc(-c2ccc(C(c3nncn3Cc3ccccc3)N3CC[C@H](N4CCCC4)C3)cc2)no1. The minimum Gasteiger partial charge on any atom is -0.339 e. The fraction of sp³-hybridized carbons (Fsp3) is 0.407. The number of aromatic nitrogens is 5. The Labute approximate surface area is 205 Å². The van der Waals surface area contributed by atoms with Crippen LogP contribution in [0.1, 0.15) is 48.1 Å². The molecule has 2 atom stereocenters. The normalized spacial score (nSPS) is 20.0. The Morgan fingerprint density at radius 3 is 2.54 bits per heavy atom. The van der Waals surface area contributed by atoms with E-state index in [0.29, 0.717) is 17.8 Å². The van der Waals surface area contributed by atoms with Crippen LogP contribution in [0.25, 0.3) is 11.4 Å². The third-order valence-corrected chi connectivity index (χ3v) is 7.31. The van der Waals surface area contributed by atoms with Gasteiger partial charge < -0.3 is 9.09 Å². The maximum absolute atomic E-state index is 5.17. The molecule has 4 aromatic rings. The molecule has 0 amide bonds. The summed E-state index contributed by atoms with van der Waals surface area (Å²) in [6.45, 7) is 7.12. The predicted molar refractivity (Wildman–Crippen MR) is 133 cm³/mol. The van der Waals surface area contributed by atoms with E-state index in [9.17, 15) is 0 Å². The van der Waals surface area contributed by atoms with Gasteiger partial charge in [0.1, 0.15) is 6.33 Å². The van der Waals surface area contributed by atoms with Gasteiger partial charge in [-0.2, -0.15) is 4.98 Å². The van der Waals surface area contributed by atoms with Crippen LogP contribution < -0.4 is 0 Å². The summed E-state index contributed by atoms with van der Waals surface area (Å²) in [4.78, 5) is 9.64. The molecule has 1 unspecified atom stereocenters. The van der Waals surface area contributed by atoms with Crippen molar-refractivity contribution < 1.29 is 4.52 Å². The Kier molecular flexibility index (Phi) is 6.14. The lowest BCUT2D eigenvalue weighted by atomic mass is 10.0. The molecule has 2 aliphatic heterocycles. The molecule has 35 heavy (non-hydrogen) atoms. The fourth-order valence-corrected chi connectivity index (χ4v) is 5.54. The van der Waals surface area contributed by atoms with Gasteiger partial charge in [0.15, 0.2) is 5.82 Å². The van der Waals surface area contributed by atoms with E-state index < -0.39 is 0 Å². The summed E-state index contributed by atoms with van der Waals surface area (Å²) in [6.07, 6.45) is 5.70. The average Bonchev–Trinajstić information content (AvgIpc) is 3.69. The first-order valence-corrected chi connectivity index (χ1v) is 12.5. The largest absolute Gasteiger partial charge is 0.339 e. The van der Waals surface area contributed by atoms with Crippen molar-refractivity contribution in [3.8, 4) is 11.4 Å². The molecule has 2 aromatic carbocycles. The van der Waals surface area contributed by atoms with Gasteiger partial charge in [-0.1, -0.05) is 59.8 Å².